The minimum Gasteiger partial charge on any atom is -0.496 e. The Balaban J connectivity index is 2.04. The number of thioether (sulfide) groups is 1. The van der Waals surface area contributed by atoms with E-state index in [1.54, 1.807) is 13.2 Å². The number of ether oxygens (including phenoxy) is 1. The second-order valence-electron chi connectivity index (χ2n) is 3.71. The lowest BCUT2D eigenvalue weighted by Crippen LogP contribution is -1.91. The van der Waals surface area contributed by atoms with Crippen LogP contribution in [-0.2, 0) is 5.75 Å². The van der Waals surface area contributed by atoms with Gasteiger partial charge in [-0.05, 0) is 12.1 Å². The third-order valence-corrected chi connectivity index (χ3v) is 3.49. The molecule has 2 aromatic rings. The Morgan fingerprint density at radius 1 is 1.32 bits per heavy atom. The van der Waals surface area contributed by atoms with Gasteiger partial charge < -0.3 is 4.74 Å². The second-order valence-corrected chi connectivity index (χ2v) is 4.71. The molecular weight excluding hydrogens is 264 g/mol. The average Bonchev–Trinajstić information content (AvgIpc) is 2.45. The van der Waals surface area contributed by atoms with Gasteiger partial charge in [-0.2, -0.15) is 0 Å². The molecule has 0 aliphatic heterocycles. The first-order valence-corrected chi connectivity index (χ1v) is 6.54. The molecule has 0 amide bonds. The normalized spacial score (nSPS) is 10.2. The van der Waals surface area contributed by atoms with Crippen LogP contribution in [0.1, 0.15) is 5.56 Å². The number of para-hydroxylation sites is 1. The molecule has 0 N–H and O–H groups in total. The number of methoxy groups -OCH3 is 1. The van der Waals surface area contributed by atoms with E-state index in [9.17, 15) is 10.1 Å². The van der Waals surface area contributed by atoms with E-state index in [0.717, 1.165) is 16.3 Å². The van der Waals surface area contributed by atoms with Crippen LogP contribution in [0.25, 0.3) is 0 Å². The van der Waals surface area contributed by atoms with E-state index in [0.29, 0.717) is 5.75 Å². The Labute approximate surface area is 114 Å². The smallest absolute Gasteiger partial charge is 0.287 e. The van der Waals surface area contributed by atoms with Crippen LogP contribution in [0.15, 0.2) is 47.6 Å². The molecule has 0 spiro atoms. The maximum Gasteiger partial charge on any atom is 0.287 e. The average molecular weight is 276 g/mol. The zero-order valence-corrected chi connectivity index (χ0v) is 11.1. The van der Waals surface area contributed by atoms with Crippen LogP contribution in [0.5, 0.6) is 5.75 Å². The topological polar surface area (TPSA) is 65.3 Å². The Morgan fingerprint density at radius 2 is 2.11 bits per heavy atom. The van der Waals surface area contributed by atoms with Crippen LogP contribution in [0.4, 0.5) is 5.69 Å². The summed E-state index contributed by atoms with van der Waals surface area (Å²) < 4.78 is 5.26. The summed E-state index contributed by atoms with van der Waals surface area (Å²) in [6.07, 6.45) is 1.27. The van der Waals surface area contributed by atoms with E-state index < -0.39 is 4.92 Å². The van der Waals surface area contributed by atoms with Gasteiger partial charge in [0, 0.05) is 17.4 Å². The van der Waals surface area contributed by atoms with Crippen LogP contribution in [0.2, 0.25) is 0 Å². The third kappa shape index (κ3) is 3.45. The van der Waals surface area contributed by atoms with Crippen molar-refractivity contribution in [2.24, 2.45) is 0 Å². The molecule has 2 rings (SSSR count). The van der Waals surface area contributed by atoms with Crippen molar-refractivity contribution in [1.82, 2.24) is 4.98 Å². The molecule has 98 valence electrons. The zero-order valence-electron chi connectivity index (χ0n) is 10.3. The van der Waals surface area contributed by atoms with E-state index in [1.165, 1.54) is 24.0 Å². The third-order valence-electron chi connectivity index (χ3n) is 2.50. The van der Waals surface area contributed by atoms with Gasteiger partial charge in [0.15, 0.2) is 0 Å². The molecule has 1 aromatic heterocycles. The van der Waals surface area contributed by atoms with Gasteiger partial charge in [0.1, 0.15) is 11.9 Å². The Bertz CT molecular complexity index is 572. The molecule has 0 bridgehead atoms. The molecule has 0 atom stereocenters. The van der Waals surface area contributed by atoms with Crippen LogP contribution < -0.4 is 4.74 Å². The molecule has 0 fully saturated rings. The molecule has 1 aromatic carbocycles. The van der Waals surface area contributed by atoms with E-state index >= 15 is 0 Å². The molecular formula is C13H12N2O3S. The Morgan fingerprint density at radius 3 is 2.74 bits per heavy atom. The van der Waals surface area contributed by atoms with Crippen molar-refractivity contribution in [3.8, 4) is 5.75 Å². The maximum absolute atomic E-state index is 10.5. The van der Waals surface area contributed by atoms with Crippen LogP contribution in [0.3, 0.4) is 0 Å². The highest BCUT2D eigenvalue weighted by Crippen LogP contribution is 2.27. The number of hydrogen-bond donors (Lipinski definition) is 0. The van der Waals surface area contributed by atoms with Crippen molar-refractivity contribution < 1.29 is 9.66 Å². The van der Waals surface area contributed by atoms with Gasteiger partial charge in [-0.15, -0.1) is 11.8 Å². The highest BCUT2D eigenvalue weighted by molar-refractivity contribution is 7.98. The van der Waals surface area contributed by atoms with Crippen molar-refractivity contribution in [3.05, 3.63) is 58.3 Å². The number of benzene rings is 1. The highest BCUT2D eigenvalue weighted by Gasteiger charge is 2.07. The number of hydrogen-bond acceptors (Lipinski definition) is 5. The second kappa shape index (κ2) is 6.19. The Kier molecular flexibility index (Phi) is 4.35. The zero-order chi connectivity index (χ0) is 13.7. The predicted octanol–water partition coefficient (Wildman–Crippen LogP) is 3.29. The Hall–Kier alpha value is -2.08. The van der Waals surface area contributed by atoms with Crippen molar-refractivity contribution in [1.29, 1.82) is 0 Å². The highest BCUT2D eigenvalue weighted by atomic mass is 32.2. The summed E-state index contributed by atoms with van der Waals surface area (Å²) in [5.41, 5.74) is 1.07. The lowest BCUT2D eigenvalue weighted by molar-refractivity contribution is -0.385. The fourth-order valence-corrected chi connectivity index (χ4v) is 2.37. The summed E-state index contributed by atoms with van der Waals surface area (Å²) in [6, 6.07) is 10.9. The van der Waals surface area contributed by atoms with Crippen molar-refractivity contribution in [2.75, 3.05) is 7.11 Å². The van der Waals surface area contributed by atoms with Crippen LogP contribution in [-0.4, -0.2) is 17.0 Å². The van der Waals surface area contributed by atoms with Gasteiger partial charge in [-0.1, -0.05) is 18.2 Å². The van der Waals surface area contributed by atoms with Crippen LogP contribution in [0, 0.1) is 10.1 Å². The fraction of sp³-hybridized carbons (Fsp3) is 0.154. The number of nitro groups is 1. The molecule has 0 aliphatic rings. The summed E-state index contributed by atoms with van der Waals surface area (Å²) in [5.74, 6) is 1.53. The van der Waals surface area contributed by atoms with E-state index in [4.69, 9.17) is 4.74 Å². The first kappa shape index (κ1) is 13.4. The van der Waals surface area contributed by atoms with Crippen molar-refractivity contribution in [3.63, 3.8) is 0 Å². The fourth-order valence-electron chi connectivity index (χ4n) is 1.54. The number of pyridine rings is 1. The monoisotopic (exact) mass is 276 g/mol. The maximum atomic E-state index is 10.5. The van der Waals surface area contributed by atoms with Gasteiger partial charge in [-0.3, -0.25) is 10.1 Å². The summed E-state index contributed by atoms with van der Waals surface area (Å²) in [4.78, 5) is 14.1. The molecule has 0 aliphatic carbocycles. The summed E-state index contributed by atoms with van der Waals surface area (Å²) >= 11 is 1.51. The standard InChI is InChI=1S/C13H12N2O3S/c1-18-12-5-3-2-4-10(12)9-19-13-7-6-11(8-14-13)15(16)17/h2-8H,9H2,1H3. The number of aromatic nitrogens is 1. The van der Waals surface area contributed by atoms with E-state index in [1.807, 2.05) is 24.3 Å². The van der Waals surface area contributed by atoms with E-state index in [-0.39, 0.29) is 5.69 Å². The number of rotatable bonds is 5. The van der Waals surface area contributed by atoms with Crippen molar-refractivity contribution >= 4 is 17.4 Å². The first-order chi connectivity index (χ1) is 9.20. The van der Waals surface area contributed by atoms with Gasteiger partial charge in [0.2, 0.25) is 0 Å². The van der Waals surface area contributed by atoms with Gasteiger partial charge in [0.05, 0.1) is 17.1 Å². The first-order valence-electron chi connectivity index (χ1n) is 5.56. The molecule has 5 nitrogen and oxygen atoms in total. The van der Waals surface area contributed by atoms with Gasteiger partial charge >= 0.3 is 0 Å². The molecule has 0 saturated heterocycles. The summed E-state index contributed by atoms with van der Waals surface area (Å²) in [5, 5.41) is 11.3. The molecule has 0 unspecified atom stereocenters. The van der Waals surface area contributed by atoms with Crippen molar-refractivity contribution in [2.45, 2.75) is 10.8 Å². The van der Waals surface area contributed by atoms with E-state index in [2.05, 4.69) is 4.98 Å². The predicted molar refractivity (Wildman–Crippen MR) is 73.4 cm³/mol. The minimum absolute atomic E-state index is 0.00152. The molecule has 0 radical (unpaired) electrons. The van der Waals surface area contributed by atoms with Crippen LogP contribution >= 0.6 is 11.8 Å². The quantitative estimate of drug-likeness (QED) is 0.476. The van der Waals surface area contributed by atoms with Gasteiger partial charge in [0.25, 0.3) is 5.69 Å². The molecule has 1 heterocycles. The lowest BCUT2D eigenvalue weighted by Gasteiger charge is -2.07. The molecule has 0 saturated carbocycles. The summed E-state index contributed by atoms with van der Waals surface area (Å²) in [7, 11) is 1.63. The largest absolute Gasteiger partial charge is 0.496 e. The molecule has 6 heteroatoms. The van der Waals surface area contributed by atoms with Gasteiger partial charge in [-0.25, -0.2) is 4.98 Å². The minimum atomic E-state index is -0.457. The summed E-state index contributed by atoms with van der Waals surface area (Å²) in [6.45, 7) is 0. The SMILES string of the molecule is COc1ccccc1CSc1ccc([N+](=O)[O-])cn1. The lowest BCUT2D eigenvalue weighted by atomic mass is 10.2. The molecule has 19 heavy (non-hydrogen) atoms. The number of nitrogens with zero attached hydrogens (tertiary/aromatic N) is 2.